The van der Waals surface area contributed by atoms with Gasteiger partial charge in [0.15, 0.2) is 0 Å². The number of amides is 2. The number of urea groups is 1. The van der Waals surface area contributed by atoms with Crippen molar-refractivity contribution >= 4 is 28.9 Å². The van der Waals surface area contributed by atoms with E-state index in [0.717, 1.165) is 12.8 Å². The Morgan fingerprint density at radius 1 is 1.38 bits per heavy atom. The molecule has 0 saturated heterocycles. The minimum Gasteiger partial charge on any atom is -0.389 e. The molecule has 1 aliphatic carbocycles. The molecule has 1 fully saturated rings. The molecule has 1 aromatic carbocycles. The molecular weight excluding hydrogens is 222 g/mol. The van der Waals surface area contributed by atoms with Crippen molar-refractivity contribution in [2.75, 3.05) is 5.32 Å². The molecule has 0 radical (unpaired) electrons. The molecule has 0 atom stereocenters. The van der Waals surface area contributed by atoms with Gasteiger partial charge in [-0.1, -0.05) is 24.4 Å². The Balaban J connectivity index is 2.07. The van der Waals surface area contributed by atoms with Crippen LogP contribution >= 0.6 is 12.2 Å². The largest absolute Gasteiger partial charge is 0.389 e. The lowest BCUT2D eigenvalue weighted by Gasteiger charge is -2.10. The van der Waals surface area contributed by atoms with Crippen molar-refractivity contribution < 1.29 is 4.79 Å². The van der Waals surface area contributed by atoms with E-state index in [1.165, 1.54) is 0 Å². The number of rotatable bonds is 3. The average Bonchev–Trinajstić information content (AvgIpc) is 3.02. The van der Waals surface area contributed by atoms with E-state index in [-0.39, 0.29) is 11.0 Å². The molecule has 4 nitrogen and oxygen atoms in total. The van der Waals surface area contributed by atoms with Gasteiger partial charge >= 0.3 is 6.03 Å². The van der Waals surface area contributed by atoms with Crippen LogP contribution in [0.4, 0.5) is 10.5 Å². The summed E-state index contributed by atoms with van der Waals surface area (Å²) in [7, 11) is 0. The average molecular weight is 235 g/mol. The highest BCUT2D eigenvalue weighted by atomic mass is 32.1. The fourth-order valence-corrected chi connectivity index (χ4v) is 1.56. The van der Waals surface area contributed by atoms with Crippen LogP contribution in [0.5, 0.6) is 0 Å². The van der Waals surface area contributed by atoms with Crippen LogP contribution < -0.4 is 16.4 Å². The van der Waals surface area contributed by atoms with Gasteiger partial charge in [0.25, 0.3) is 0 Å². The van der Waals surface area contributed by atoms with E-state index >= 15 is 0 Å². The minimum absolute atomic E-state index is 0.203. The van der Waals surface area contributed by atoms with Crippen molar-refractivity contribution in [2.45, 2.75) is 18.9 Å². The van der Waals surface area contributed by atoms with Crippen molar-refractivity contribution in [2.24, 2.45) is 5.73 Å². The highest BCUT2D eigenvalue weighted by Gasteiger charge is 2.23. The fraction of sp³-hybridized carbons (Fsp3) is 0.273. The molecular formula is C11H13N3OS. The van der Waals surface area contributed by atoms with Gasteiger partial charge in [0.2, 0.25) is 0 Å². The molecule has 0 unspecified atom stereocenters. The number of nitrogens with two attached hydrogens (primary N) is 1. The van der Waals surface area contributed by atoms with Crippen molar-refractivity contribution in [3.8, 4) is 0 Å². The molecule has 0 aromatic heterocycles. The van der Waals surface area contributed by atoms with Crippen LogP contribution in [-0.4, -0.2) is 17.1 Å². The molecule has 84 valence electrons. The maximum atomic E-state index is 11.5. The zero-order chi connectivity index (χ0) is 11.5. The molecule has 0 spiro atoms. The lowest BCUT2D eigenvalue weighted by molar-refractivity contribution is 0.251. The van der Waals surface area contributed by atoms with E-state index in [1.54, 1.807) is 12.1 Å². The summed E-state index contributed by atoms with van der Waals surface area (Å²) in [5.74, 6) is 0. The number of benzene rings is 1. The molecule has 0 heterocycles. The zero-order valence-electron chi connectivity index (χ0n) is 8.69. The Kier molecular flexibility index (Phi) is 3.05. The predicted octanol–water partition coefficient (Wildman–Crippen LogP) is 1.60. The van der Waals surface area contributed by atoms with Gasteiger partial charge in [0.05, 0.1) is 5.69 Å². The standard InChI is InChI=1S/C11H13N3OS/c12-10(16)8-3-1-2-4-9(8)14-11(15)13-7-5-6-7/h1-4,7H,5-6H2,(H2,12,16)(H2,13,14,15). The second kappa shape index (κ2) is 4.49. The van der Waals surface area contributed by atoms with Crippen molar-refractivity contribution in [1.29, 1.82) is 0 Å². The molecule has 0 bridgehead atoms. The Hall–Kier alpha value is -1.62. The summed E-state index contributed by atoms with van der Waals surface area (Å²) in [5, 5.41) is 5.58. The number of thiocarbonyl (C=S) groups is 1. The van der Waals surface area contributed by atoms with E-state index in [4.69, 9.17) is 18.0 Å². The number of anilines is 1. The van der Waals surface area contributed by atoms with Crippen LogP contribution in [0.2, 0.25) is 0 Å². The summed E-state index contributed by atoms with van der Waals surface area (Å²) in [6.07, 6.45) is 2.12. The van der Waals surface area contributed by atoms with Gasteiger partial charge in [-0.05, 0) is 25.0 Å². The Labute approximate surface area is 99.2 Å². The smallest absolute Gasteiger partial charge is 0.319 e. The van der Waals surface area contributed by atoms with Crippen molar-refractivity contribution in [3.63, 3.8) is 0 Å². The molecule has 0 aliphatic heterocycles. The van der Waals surface area contributed by atoms with Gasteiger partial charge in [-0.3, -0.25) is 0 Å². The van der Waals surface area contributed by atoms with Crippen molar-refractivity contribution in [1.82, 2.24) is 5.32 Å². The third-order valence-electron chi connectivity index (χ3n) is 2.35. The third-order valence-corrected chi connectivity index (χ3v) is 2.57. The van der Waals surface area contributed by atoms with E-state index in [9.17, 15) is 4.79 Å². The van der Waals surface area contributed by atoms with Gasteiger partial charge in [-0.25, -0.2) is 4.79 Å². The van der Waals surface area contributed by atoms with Crippen LogP contribution in [-0.2, 0) is 0 Å². The molecule has 2 amide bonds. The molecule has 2 rings (SSSR count). The van der Waals surface area contributed by atoms with Crippen LogP contribution in [0.15, 0.2) is 24.3 Å². The third kappa shape index (κ3) is 2.70. The zero-order valence-corrected chi connectivity index (χ0v) is 9.51. The monoisotopic (exact) mass is 235 g/mol. The van der Waals surface area contributed by atoms with Gasteiger partial charge in [0, 0.05) is 11.6 Å². The molecule has 4 N–H and O–H groups in total. The van der Waals surface area contributed by atoms with E-state index in [0.29, 0.717) is 17.3 Å². The topological polar surface area (TPSA) is 67.1 Å². The maximum absolute atomic E-state index is 11.5. The van der Waals surface area contributed by atoms with Crippen molar-refractivity contribution in [3.05, 3.63) is 29.8 Å². The Morgan fingerprint density at radius 2 is 2.06 bits per heavy atom. The SMILES string of the molecule is NC(=S)c1ccccc1NC(=O)NC1CC1. The number of carbonyl (C=O) groups is 1. The summed E-state index contributed by atoms with van der Waals surface area (Å²) in [6.45, 7) is 0. The van der Waals surface area contributed by atoms with Gasteiger partial charge in [-0.15, -0.1) is 0 Å². The molecule has 1 aliphatic rings. The Bertz CT molecular complexity index is 429. The highest BCUT2D eigenvalue weighted by Crippen LogP contribution is 2.19. The number of nitrogens with one attached hydrogen (secondary N) is 2. The van der Waals surface area contributed by atoms with Gasteiger partial charge < -0.3 is 16.4 Å². The number of carbonyl (C=O) groups excluding carboxylic acids is 1. The minimum atomic E-state index is -0.203. The van der Waals surface area contributed by atoms with Crippen LogP contribution in [0.25, 0.3) is 0 Å². The quantitative estimate of drug-likeness (QED) is 0.697. The summed E-state index contributed by atoms with van der Waals surface area (Å²) in [4.78, 5) is 11.8. The predicted molar refractivity (Wildman–Crippen MR) is 67.5 cm³/mol. The fourth-order valence-electron chi connectivity index (χ4n) is 1.38. The van der Waals surface area contributed by atoms with Gasteiger partial charge in [0.1, 0.15) is 4.99 Å². The number of para-hydroxylation sites is 1. The first-order valence-electron chi connectivity index (χ1n) is 5.13. The van der Waals surface area contributed by atoms with Crippen LogP contribution in [0.1, 0.15) is 18.4 Å². The molecule has 1 saturated carbocycles. The maximum Gasteiger partial charge on any atom is 0.319 e. The second-order valence-electron chi connectivity index (χ2n) is 3.78. The van der Waals surface area contributed by atoms with Crippen LogP contribution in [0, 0.1) is 0 Å². The highest BCUT2D eigenvalue weighted by molar-refractivity contribution is 7.80. The van der Waals surface area contributed by atoms with Gasteiger partial charge in [-0.2, -0.15) is 0 Å². The lowest BCUT2D eigenvalue weighted by Crippen LogP contribution is -2.31. The number of hydrogen-bond acceptors (Lipinski definition) is 2. The van der Waals surface area contributed by atoms with E-state index in [2.05, 4.69) is 10.6 Å². The first kappa shape index (κ1) is 10.9. The molecule has 5 heteroatoms. The summed E-state index contributed by atoms with van der Waals surface area (Å²) >= 11 is 4.91. The normalized spacial score (nSPS) is 14.2. The first-order valence-corrected chi connectivity index (χ1v) is 5.54. The summed E-state index contributed by atoms with van der Waals surface area (Å²) in [6, 6.07) is 7.35. The number of hydrogen-bond donors (Lipinski definition) is 3. The van der Waals surface area contributed by atoms with Crippen LogP contribution in [0.3, 0.4) is 0 Å². The van der Waals surface area contributed by atoms with E-state index in [1.807, 2.05) is 12.1 Å². The second-order valence-corrected chi connectivity index (χ2v) is 4.22. The summed E-state index contributed by atoms with van der Waals surface area (Å²) < 4.78 is 0. The lowest BCUT2D eigenvalue weighted by atomic mass is 10.2. The molecule has 16 heavy (non-hydrogen) atoms. The Morgan fingerprint density at radius 3 is 2.69 bits per heavy atom. The molecule has 1 aromatic rings. The first-order chi connectivity index (χ1) is 7.66. The summed E-state index contributed by atoms with van der Waals surface area (Å²) in [5.41, 5.74) is 6.89. The van der Waals surface area contributed by atoms with E-state index < -0.39 is 0 Å².